The average molecular weight is 306 g/mol. The number of halogens is 1. The van der Waals surface area contributed by atoms with Crippen LogP contribution in [-0.2, 0) is 6.42 Å². The van der Waals surface area contributed by atoms with Crippen molar-refractivity contribution in [3.63, 3.8) is 0 Å². The molecule has 1 unspecified atom stereocenters. The number of hydrogen-bond acceptors (Lipinski definition) is 3. The summed E-state index contributed by atoms with van der Waals surface area (Å²) in [5, 5.41) is 4.05. The van der Waals surface area contributed by atoms with E-state index in [2.05, 4.69) is 17.4 Å². The Hall–Kier alpha value is -1.71. The van der Waals surface area contributed by atoms with Crippen molar-refractivity contribution in [2.24, 2.45) is 0 Å². The van der Waals surface area contributed by atoms with Gasteiger partial charge in [-0.05, 0) is 54.9 Å². The summed E-state index contributed by atoms with van der Waals surface area (Å²) in [6, 6.07) is 13.9. The van der Waals surface area contributed by atoms with E-state index in [9.17, 15) is 0 Å². The lowest BCUT2D eigenvalue weighted by atomic mass is 9.98. The molecule has 0 saturated carbocycles. The molecule has 0 spiro atoms. The molecule has 0 aromatic heterocycles. The van der Waals surface area contributed by atoms with E-state index in [1.165, 1.54) is 5.56 Å². The SMILES string of the molecule is CNC(Cc1cc(Cl)ccc1OC)c1ccc(OC)cc1. The van der Waals surface area contributed by atoms with Crippen LogP contribution in [-0.4, -0.2) is 21.3 Å². The first-order valence-corrected chi connectivity index (χ1v) is 7.19. The predicted octanol–water partition coefficient (Wildman–Crippen LogP) is 3.86. The molecule has 3 nitrogen and oxygen atoms in total. The molecular formula is C17H20ClNO2. The second-order valence-electron chi connectivity index (χ2n) is 4.77. The van der Waals surface area contributed by atoms with Crippen LogP contribution in [0.3, 0.4) is 0 Å². The van der Waals surface area contributed by atoms with E-state index >= 15 is 0 Å². The molecule has 112 valence electrons. The highest BCUT2D eigenvalue weighted by atomic mass is 35.5. The Labute approximate surface area is 130 Å². The quantitative estimate of drug-likeness (QED) is 0.879. The highest BCUT2D eigenvalue weighted by Gasteiger charge is 2.13. The smallest absolute Gasteiger partial charge is 0.122 e. The highest BCUT2D eigenvalue weighted by molar-refractivity contribution is 6.30. The third-order valence-electron chi connectivity index (χ3n) is 3.53. The van der Waals surface area contributed by atoms with Gasteiger partial charge in [0.25, 0.3) is 0 Å². The lowest BCUT2D eigenvalue weighted by Crippen LogP contribution is -2.19. The normalized spacial score (nSPS) is 12.0. The molecule has 2 rings (SSSR count). The summed E-state index contributed by atoms with van der Waals surface area (Å²) in [4.78, 5) is 0. The van der Waals surface area contributed by atoms with Gasteiger partial charge in [0.15, 0.2) is 0 Å². The molecule has 2 aromatic rings. The molecule has 0 amide bonds. The van der Waals surface area contributed by atoms with Gasteiger partial charge < -0.3 is 14.8 Å². The van der Waals surface area contributed by atoms with E-state index in [1.54, 1.807) is 14.2 Å². The van der Waals surface area contributed by atoms with Crippen LogP contribution in [0, 0.1) is 0 Å². The van der Waals surface area contributed by atoms with Gasteiger partial charge in [0.2, 0.25) is 0 Å². The van der Waals surface area contributed by atoms with Gasteiger partial charge in [-0.2, -0.15) is 0 Å². The number of hydrogen-bond donors (Lipinski definition) is 1. The summed E-state index contributed by atoms with van der Waals surface area (Å²) in [5.74, 6) is 1.71. The van der Waals surface area contributed by atoms with Crippen LogP contribution >= 0.6 is 11.6 Å². The molecular weight excluding hydrogens is 286 g/mol. The maximum absolute atomic E-state index is 6.09. The maximum Gasteiger partial charge on any atom is 0.122 e. The van der Waals surface area contributed by atoms with E-state index < -0.39 is 0 Å². The predicted molar refractivity (Wildman–Crippen MR) is 86.5 cm³/mol. The number of likely N-dealkylation sites (N-methyl/N-ethyl adjacent to an activating group) is 1. The highest BCUT2D eigenvalue weighted by Crippen LogP contribution is 2.28. The van der Waals surface area contributed by atoms with Gasteiger partial charge in [-0.25, -0.2) is 0 Å². The van der Waals surface area contributed by atoms with Crippen LogP contribution in [0.15, 0.2) is 42.5 Å². The van der Waals surface area contributed by atoms with Crippen molar-refractivity contribution >= 4 is 11.6 Å². The van der Waals surface area contributed by atoms with Gasteiger partial charge in [-0.3, -0.25) is 0 Å². The molecule has 1 N–H and O–H groups in total. The monoisotopic (exact) mass is 305 g/mol. The first-order valence-electron chi connectivity index (χ1n) is 6.81. The Morgan fingerprint density at radius 2 is 1.76 bits per heavy atom. The van der Waals surface area contributed by atoms with Crippen LogP contribution in [0.5, 0.6) is 11.5 Å². The van der Waals surface area contributed by atoms with Crippen molar-refractivity contribution in [1.82, 2.24) is 5.32 Å². The van der Waals surface area contributed by atoms with Crippen LogP contribution in [0.1, 0.15) is 17.2 Å². The van der Waals surface area contributed by atoms with Crippen molar-refractivity contribution in [1.29, 1.82) is 0 Å². The first-order chi connectivity index (χ1) is 10.2. The van der Waals surface area contributed by atoms with Gasteiger partial charge in [0, 0.05) is 11.1 Å². The topological polar surface area (TPSA) is 30.5 Å². The van der Waals surface area contributed by atoms with Crippen LogP contribution in [0.25, 0.3) is 0 Å². The zero-order chi connectivity index (χ0) is 15.2. The van der Waals surface area contributed by atoms with Gasteiger partial charge in [0.05, 0.1) is 14.2 Å². The number of ether oxygens (including phenoxy) is 2. The summed E-state index contributed by atoms with van der Waals surface area (Å²) in [7, 11) is 5.29. The fraction of sp³-hybridized carbons (Fsp3) is 0.294. The Morgan fingerprint density at radius 1 is 1.05 bits per heavy atom. The summed E-state index contributed by atoms with van der Waals surface area (Å²) >= 11 is 6.09. The number of benzene rings is 2. The van der Waals surface area contributed by atoms with Crippen LogP contribution in [0.2, 0.25) is 5.02 Å². The van der Waals surface area contributed by atoms with Crippen molar-refractivity contribution in [3.8, 4) is 11.5 Å². The minimum Gasteiger partial charge on any atom is -0.497 e. The molecule has 0 aliphatic rings. The van der Waals surface area contributed by atoms with E-state index in [0.29, 0.717) is 0 Å². The summed E-state index contributed by atoms with van der Waals surface area (Å²) < 4.78 is 10.6. The molecule has 0 radical (unpaired) electrons. The number of nitrogens with one attached hydrogen (secondary N) is 1. The molecule has 2 aromatic carbocycles. The zero-order valence-electron chi connectivity index (χ0n) is 12.5. The standard InChI is InChI=1S/C17H20ClNO2/c1-19-16(12-4-7-15(20-2)8-5-12)11-13-10-14(18)6-9-17(13)21-3/h4-10,16,19H,11H2,1-3H3. The Bertz CT molecular complexity index is 584. The fourth-order valence-corrected chi connectivity index (χ4v) is 2.54. The van der Waals surface area contributed by atoms with Gasteiger partial charge >= 0.3 is 0 Å². The number of rotatable bonds is 6. The van der Waals surface area contributed by atoms with E-state index in [-0.39, 0.29) is 6.04 Å². The largest absolute Gasteiger partial charge is 0.497 e. The van der Waals surface area contributed by atoms with Gasteiger partial charge in [0.1, 0.15) is 11.5 Å². The minimum atomic E-state index is 0.184. The molecule has 21 heavy (non-hydrogen) atoms. The summed E-state index contributed by atoms with van der Waals surface area (Å²) in [5.41, 5.74) is 2.28. The molecule has 1 atom stereocenters. The lowest BCUT2D eigenvalue weighted by Gasteiger charge is -2.19. The molecule has 0 aliphatic heterocycles. The van der Waals surface area contributed by atoms with Gasteiger partial charge in [-0.1, -0.05) is 23.7 Å². The molecule has 0 heterocycles. The van der Waals surface area contributed by atoms with Crippen molar-refractivity contribution in [2.75, 3.05) is 21.3 Å². The molecule has 0 fully saturated rings. The van der Waals surface area contributed by atoms with Crippen LogP contribution < -0.4 is 14.8 Å². The molecule has 4 heteroatoms. The molecule has 0 saturated heterocycles. The van der Waals surface area contributed by atoms with Crippen molar-refractivity contribution in [3.05, 3.63) is 58.6 Å². The van der Waals surface area contributed by atoms with Crippen LogP contribution in [0.4, 0.5) is 0 Å². The fourth-order valence-electron chi connectivity index (χ4n) is 2.35. The minimum absolute atomic E-state index is 0.184. The molecule has 0 aliphatic carbocycles. The summed E-state index contributed by atoms with van der Waals surface area (Å²) in [6.45, 7) is 0. The Kier molecular flexibility index (Phi) is 5.48. The summed E-state index contributed by atoms with van der Waals surface area (Å²) in [6.07, 6.45) is 0.798. The van der Waals surface area contributed by atoms with E-state index in [1.807, 2.05) is 37.4 Å². The molecule has 0 bridgehead atoms. The first kappa shape index (κ1) is 15.7. The lowest BCUT2D eigenvalue weighted by molar-refractivity contribution is 0.406. The average Bonchev–Trinajstić information content (AvgIpc) is 2.53. The maximum atomic E-state index is 6.09. The second kappa shape index (κ2) is 7.34. The number of methoxy groups -OCH3 is 2. The van der Waals surface area contributed by atoms with E-state index in [0.717, 1.165) is 28.5 Å². The van der Waals surface area contributed by atoms with E-state index in [4.69, 9.17) is 21.1 Å². The van der Waals surface area contributed by atoms with Crippen molar-refractivity contribution in [2.45, 2.75) is 12.5 Å². The third kappa shape index (κ3) is 3.90. The van der Waals surface area contributed by atoms with Gasteiger partial charge in [-0.15, -0.1) is 0 Å². The second-order valence-corrected chi connectivity index (χ2v) is 5.21. The Morgan fingerprint density at radius 3 is 2.33 bits per heavy atom. The Balaban J connectivity index is 2.23. The third-order valence-corrected chi connectivity index (χ3v) is 3.77. The zero-order valence-corrected chi connectivity index (χ0v) is 13.3. The van der Waals surface area contributed by atoms with Crippen molar-refractivity contribution < 1.29 is 9.47 Å².